The van der Waals surface area contributed by atoms with Gasteiger partial charge in [-0.05, 0) is 37.1 Å². The first-order valence-electron chi connectivity index (χ1n) is 6.69. The van der Waals surface area contributed by atoms with E-state index in [0.717, 1.165) is 24.9 Å². The molecule has 1 fully saturated rings. The third-order valence-electron chi connectivity index (χ3n) is 3.55. The molecule has 108 valence electrons. The molecule has 1 heterocycles. The molecule has 0 saturated carbocycles. The summed E-state index contributed by atoms with van der Waals surface area (Å²) in [4.78, 5) is 0.277. The van der Waals surface area contributed by atoms with Crippen LogP contribution in [0.1, 0.15) is 18.4 Å². The van der Waals surface area contributed by atoms with E-state index in [4.69, 9.17) is 5.26 Å². The van der Waals surface area contributed by atoms with Gasteiger partial charge in [-0.25, -0.2) is 8.42 Å². The molecule has 1 aliphatic heterocycles. The van der Waals surface area contributed by atoms with Crippen LogP contribution in [0.5, 0.6) is 0 Å². The van der Waals surface area contributed by atoms with Crippen LogP contribution in [0.2, 0.25) is 0 Å². The summed E-state index contributed by atoms with van der Waals surface area (Å²) in [5, 5.41) is 11.9. The van der Waals surface area contributed by atoms with E-state index in [1.165, 1.54) is 4.31 Å². The lowest BCUT2D eigenvalue weighted by Crippen LogP contribution is -2.38. The van der Waals surface area contributed by atoms with Crippen molar-refractivity contribution in [1.29, 1.82) is 5.26 Å². The quantitative estimate of drug-likeness (QED) is 0.883. The van der Waals surface area contributed by atoms with E-state index in [-0.39, 0.29) is 10.9 Å². The number of nitrogens with one attached hydrogen (secondary N) is 1. The van der Waals surface area contributed by atoms with E-state index in [2.05, 4.69) is 5.32 Å². The highest BCUT2D eigenvalue weighted by atomic mass is 32.2. The van der Waals surface area contributed by atoms with E-state index >= 15 is 0 Å². The number of hydrogen-bond donors (Lipinski definition) is 1. The summed E-state index contributed by atoms with van der Waals surface area (Å²) in [6.45, 7) is 1.45. The van der Waals surface area contributed by atoms with Gasteiger partial charge >= 0.3 is 0 Å². The molecule has 1 aliphatic rings. The Kier molecular flexibility index (Phi) is 4.76. The van der Waals surface area contributed by atoms with Gasteiger partial charge in [0.2, 0.25) is 10.0 Å². The molecule has 1 aromatic rings. The lowest BCUT2D eigenvalue weighted by Gasteiger charge is -2.21. The minimum Gasteiger partial charge on any atom is -0.313 e. The fraction of sp³-hybridized carbons (Fsp3) is 0.500. The van der Waals surface area contributed by atoms with Crippen molar-refractivity contribution < 1.29 is 8.42 Å². The van der Waals surface area contributed by atoms with Gasteiger partial charge in [0.1, 0.15) is 0 Å². The summed E-state index contributed by atoms with van der Waals surface area (Å²) in [5.41, 5.74) is 0.826. The zero-order chi connectivity index (χ0) is 14.6. The lowest BCUT2D eigenvalue weighted by molar-refractivity contribution is 0.417. The molecule has 0 amide bonds. The molecule has 6 heteroatoms. The minimum absolute atomic E-state index is 0.243. The van der Waals surface area contributed by atoms with Gasteiger partial charge in [0.15, 0.2) is 0 Å². The maximum atomic E-state index is 12.4. The van der Waals surface area contributed by atoms with Gasteiger partial charge in [0.25, 0.3) is 0 Å². The Hall–Kier alpha value is -1.42. The lowest BCUT2D eigenvalue weighted by atomic mass is 10.2. The molecule has 0 aliphatic carbocycles. The summed E-state index contributed by atoms with van der Waals surface area (Å²) >= 11 is 0. The van der Waals surface area contributed by atoms with Crippen molar-refractivity contribution in [2.45, 2.75) is 30.2 Å². The molecular formula is C14H19N3O2S. The van der Waals surface area contributed by atoms with Crippen LogP contribution >= 0.6 is 0 Å². The molecule has 0 bridgehead atoms. The van der Waals surface area contributed by atoms with Crippen LogP contribution in [0.4, 0.5) is 0 Å². The largest absolute Gasteiger partial charge is 0.313 e. The molecule has 5 nitrogen and oxygen atoms in total. The zero-order valence-electron chi connectivity index (χ0n) is 11.5. The maximum Gasteiger partial charge on any atom is 0.242 e. The minimum atomic E-state index is -3.45. The average molecular weight is 293 g/mol. The Morgan fingerprint density at radius 3 is 2.65 bits per heavy atom. The Bertz CT molecular complexity index is 584. The first kappa shape index (κ1) is 15.0. The standard InChI is InChI=1S/C14H19N3O2S/c1-17(11-13-3-2-10-16-13)20(18,19)14-6-4-12(5-7-14)8-9-15/h4-7,13,16H,2-3,8,10-11H2,1H3. The van der Waals surface area contributed by atoms with E-state index in [1.54, 1.807) is 31.3 Å². The normalized spacial score (nSPS) is 19.1. The molecule has 20 heavy (non-hydrogen) atoms. The third-order valence-corrected chi connectivity index (χ3v) is 5.39. The average Bonchev–Trinajstić information content (AvgIpc) is 2.92. The van der Waals surface area contributed by atoms with Crippen molar-refractivity contribution >= 4 is 10.0 Å². The monoisotopic (exact) mass is 293 g/mol. The Morgan fingerprint density at radius 1 is 1.40 bits per heavy atom. The summed E-state index contributed by atoms with van der Waals surface area (Å²) < 4.78 is 26.2. The second kappa shape index (κ2) is 6.35. The Labute approximate surface area is 120 Å². The van der Waals surface area contributed by atoms with Gasteiger partial charge in [-0.1, -0.05) is 12.1 Å². The van der Waals surface area contributed by atoms with Crippen molar-refractivity contribution in [3.8, 4) is 6.07 Å². The molecule has 2 rings (SSSR count). The van der Waals surface area contributed by atoms with Gasteiger partial charge in [-0.15, -0.1) is 0 Å². The predicted molar refractivity (Wildman–Crippen MR) is 76.6 cm³/mol. The third kappa shape index (κ3) is 3.37. The van der Waals surface area contributed by atoms with E-state index < -0.39 is 10.0 Å². The molecular weight excluding hydrogens is 274 g/mol. The molecule has 1 N–H and O–H groups in total. The van der Waals surface area contributed by atoms with Crippen molar-refractivity contribution in [3.63, 3.8) is 0 Å². The molecule has 0 spiro atoms. The maximum absolute atomic E-state index is 12.4. The predicted octanol–water partition coefficient (Wildman–Crippen LogP) is 1.13. The summed E-state index contributed by atoms with van der Waals surface area (Å²) in [5.74, 6) is 0. The fourth-order valence-electron chi connectivity index (χ4n) is 2.37. The van der Waals surface area contributed by atoms with Crippen molar-refractivity contribution in [2.24, 2.45) is 0 Å². The topological polar surface area (TPSA) is 73.2 Å². The first-order chi connectivity index (χ1) is 9.54. The number of nitriles is 1. The van der Waals surface area contributed by atoms with Crippen LogP contribution in [0.3, 0.4) is 0 Å². The molecule has 1 saturated heterocycles. The van der Waals surface area contributed by atoms with Gasteiger partial charge in [-0.3, -0.25) is 0 Å². The molecule has 1 aromatic carbocycles. The zero-order valence-corrected chi connectivity index (χ0v) is 12.4. The van der Waals surface area contributed by atoms with E-state index in [1.807, 2.05) is 6.07 Å². The highest BCUT2D eigenvalue weighted by Gasteiger charge is 2.25. The SMILES string of the molecule is CN(CC1CCCN1)S(=O)(=O)c1ccc(CC#N)cc1. The van der Waals surface area contributed by atoms with E-state index in [9.17, 15) is 8.42 Å². The highest BCUT2D eigenvalue weighted by Crippen LogP contribution is 2.17. The van der Waals surface area contributed by atoms with Crippen molar-refractivity contribution in [1.82, 2.24) is 9.62 Å². The number of likely N-dealkylation sites (N-methyl/N-ethyl adjacent to an activating group) is 1. The number of rotatable bonds is 5. The van der Waals surface area contributed by atoms with Gasteiger partial charge in [0.05, 0.1) is 17.4 Å². The Morgan fingerprint density at radius 2 is 2.10 bits per heavy atom. The van der Waals surface area contributed by atoms with Crippen LogP contribution in [-0.2, 0) is 16.4 Å². The van der Waals surface area contributed by atoms with Gasteiger partial charge in [0, 0.05) is 19.6 Å². The van der Waals surface area contributed by atoms with Crippen molar-refractivity contribution in [2.75, 3.05) is 20.1 Å². The second-order valence-corrected chi connectivity index (χ2v) is 7.10. The van der Waals surface area contributed by atoms with Gasteiger partial charge < -0.3 is 5.32 Å². The number of benzene rings is 1. The smallest absolute Gasteiger partial charge is 0.242 e. The number of nitrogens with zero attached hydrogens (tertiary/aromatic N) is 2. The van der Waals surface area contributed by atoms with Gasteiger partial charge in [-0.2, -0.15) is 9.57 Å². The molecule has 0 aromatic heterocycles. The number of hydrogen-bond acceptors (Lipinski definition) is 4. The van der Waals surface area contributed by atoms with Crippen LogP contribution < -0.4 is 5.32 Å². The molecule has 0 radical (unpaired) electrons. The molecule has 1 unspecified atom stereocenters. The highest BCUT2D eigenvalue weighted by molar-refractivity contribution is 7.89. The van der Waals surface area contributed by atoms with Crippen LogP contribution in [0, 0.1) is 11.3 Å². The van der Waals surface area contributed by atoms with Crippen LogP contribution in [-0.4, -0.2) is 38.9 Å². The van der Waals surface area contributed by atoms with Crippen molar-refractivity contribution in [3.05, 3.63) is 29.8 Å². The second-order valence-electron chi connectivity index (χ2n) is 5.06. The Balaban J connectivity index is 2.10. The van der Waals surface area contributed by atoms with Crippen LogP contribution in [0.15, 0.2) is 29.2 Å². The molecule has 1 atom stereocenters. The summed E-state index contributed by atoms with van der Waals surface area (Å²) in [7, 11) is -1.84. The summed E-state index contributed by atoms with van der Waals surface area (Å²) in [6, 6.07) is 8.81. The summed E-state index contributed by atoms with van der Waals surface area (Å²) in [6.07, 6.45) is 2.41. The van der Waals surface area contributed by atoms with E-state index in [0.29, 0.717) is 13.0 Å². The first-order valence-corrected chi connectivity index (χ1v) is 8.13. The number of sulfonamides is 1. The van der Waals surface area contributed by atoms with Crippen LogP contribution in [0.25, 0.3) is 0 Å². The fourth-order valence-corrected chi connectivity index (χ4v) is 3.59.